The Morgan fingerprint density at radius 1 is 0.362 bits per heavy atom. The largest absolute Gasteiger partial charge is 0.228 e. The summed E-state index contributed by atoms with van der Waals surface area (Å²) in [7, 11) is 0. The van der Waals surface area contributed by atoms with Gasteiger partial charge in [-0.1, -0.05) is 188 Å². The van der Waals surface area contributed by atoms with Gasteiger partial charge in [-0.05, 0) is 79.2 Å². The highest BCUT2D eigenvalue weighted by molar-refractivity contribution is 7.22. The van der Waals surface area contributed by atoms with E-state index in [4.69, 9.17) is 9.97 Å². The Morgan fingerprint density at radius 2 is 0.879 bits per heavy atom. The lowest BCUT2D eigenvalue weighted by molar-refractivity contribution is 0.803. The molecule has 0 fully saturated rings. The van der Waals surface area contributed by atoms with Crippen molar-refractivity contribution in [2.45, 2.75) is 5.41 Å². The number of aromatic nitrogens is 2. The molecule has 2 aliphatic rings. The van der Waals surface area contributed by atoms with Crippen molar-refractivity contribution < 1.29 is 0 Å². The van der Waals surface area contributed by atoms with Crippen molar-refractivity contribution in [3.8, 4) is 77.7 Å². The first-order valence-electron chi connectivity index (χ1n) is 19.8. The third-order valence-electron chi connectivity index (χ3n) is 12.1. The molecule has 10 aromatic rings. The Morgan fingerprint density at radius 3 is 1.62 bits per heavy atom. The molecule has 2 aromatic heterocycles. The van der Waals surface area contributed by atoms with Gasteiger partial charge in [0.1, 0.15) is 0 Å². The molecule has 0 saturated carbocycles. The monoisotopic (exact) mass is 754 g/mol. The molecule has 0 unspecified atom stereocenters. The summed E-state index contributed by atoms with van der Waals surface area (Å²) in [6.45, 7) is 0. The van der Waals surface area contributed by atoms with E-state index in [0.29, 0.717) is 5.82 Å². The molecule has 0 atom stereocenters. The standard InChI is InChI=1S/C55H34N2S/c1-3-17-35(18-4-1)37-21-15-22-38(33-37)49-34-48(36-19-5-2-6-20-36)56-54(57-49)43-26-8-7-23-39(43)42-28-16-31-47-51(42)53-52(44-27-11-14-32-50(44)58-53)55(47)45-29-12-9-24-40(45)41-25-10-13-30-46(41)55/h1-34H. The Hall–Kier alpha value is -7.20. The minimum Gasteiger partial charge on any atom is -0.228 e. The number of nitrogens with zero attached hydrogens (tertiary/aromatic N) is 2. The van der Waals surface area contributed by atoms with E-state index in [0.717, 1.165) is 39.2 Å². The fourth-order valence-electron chi connectivity index (χ4n) is 9.73. The summed E-state index contributed by atoms with van der Waals surface area (Å²) in [5.74, 6) is 0.704. The zero-order valence-corrected chi connectivity index (χ0v) is 32.2. The van der Waals surface area contributed by atoms with Crippen LogP contribution in [0.2, 0.25) is 0 Å². The number of hydrogen-bond acceptors (Lipinski definition) is 3. The van der Waals surface area contributed by atoms with Gasteiger partial charge in [0.2, 0.25) is 0 Å². The molecule has 3 heteroatoms. The smallest absolute Gasteiger partial charge is 0.161 e. The maximum absolute atomic E-state index is 5.41. The van der Waals surface area contributed by atoms with Gasteiger partial charge in [0.05, 0.1) is 16.8 Å². The van der Waals surface area contributed by atoms with Crippen LogP contribution in [0.3, 0.4) is 0 Å². The van der Waals surface area contributed by atoms with E-state index in [-0.39, 0.29) is 0 Å². The number of hydrogen-bond donors (Lipinski definition) is 0. The van der Waals surface area contributed by atoms with Crippen LogP contribution in [0.4, 0.5) is 0 Å². The van der Waals surface area contributed by atoms with Gasteiger partial charge in [-0.3, -0.25) is 0 Å². The van der Waals surface area contributed by atoms with Gasteiger partial charge in [-0.15, -0.1) is 11.3 Å². The van der Waals surface area contributed by atoms with E-state index in [1.165, 1.54) is 65.0 Å². The molecule has 58 heavy (non-hydrogen) atoms. The minimum atomic E-state index is -0.441. The van der Waals surface area contributed by atoms with E-state index < -0.39 is 5.41 Å². The molecular weight excluding hydrogens is 721 g/mol. The molecule has 0 bridgehead atoms. The quantitative estimate of drug-likeness (QED) is 0.175. The molecule has 0 N–H and O–H groups in total. The van der Waals surface area contributed by atoms with Crippen LogP contribution in [0, 0.1) is 0 Å². The summed E-state index contributed by atoms with van der Waals surface area (Å²) in [6.07, 6.45) is 0. The molecule has 1 spiro atoms. The van der Waals surface area contributed by atoms with Gasteiger partial charge in [-0.2, -0.15) is 0 Å². The van der Waals surface area contributed by atoms with Crippen LogP contribution in [0.15, 0.2) is 206 Å². The molecular formula is C55H34N2S. The molecule has 0 aliphatic heterocycles. The summed E-state index contributed by atoms with van der Waals surface area (Å²) in [6, 6.07) is 74.6. The first-order chi connectivity index (χ1) is 28.8. The van der Waals surface area contributed by atoms with Crippen molar-refractivity contribution in [2.24, 2.45) is 0 Å². The second kappa shape index (κ2) is 12.9. The van der Waals surface area contributed by atoms with Crippen LogP contribution in [-0.2, 0) is 5.41 Å². The van der Waals surface area contributed by atoms with Crippen molar-refractivity contribution >= 4 is 21.4 Å². The number of rotatable bonds is 5. The van der Waals surface area contributed by atoms with E-state index >= 15 is 0 Å². The Kier molecular flexibility index (Phi) is 7.35. The van der Waals surface area contributed by atoms with Gasteiger partial charge < -0.3 is 0 Å². The van der Waals surface area contributed by atoms with E-state index in [1.54, 1.807) is 0 Å². The second-order valence-electron chi connectivity index (χ2n) is 15.2. The van der Waals surface area contributed by atoms with Crippen molar-refractivity contribution in [3.63, 3.8) is 0 Å². The molecule has 12 rings (SSSR count). The predicted octanol–water partition coefficient (Wildman–Crippen LogP) is 14.4. The van der Waals surface area contributed by atoms with Crippen LogP contribution in [-0.4, -0.2) is 9.97 Å². The lowest BCUT2D eigenvalue weighted by atomic mass is 9.70. The normalized spacial score (nSPS) is 13.0. The maximum atomic E-state index is 5.41. The van der Waals surface area contributed by atoms with Gasteiger partial charge >= 0.3 is 0 Å². The lowest BCUT2D eigenvalue weighted by Crippen LogP contribution is -2.25. The molecule has 8 aromatic carbocycles. The van der Waals surface area contributed by atoms with E-state index in [1.807, 2.05) is 11.3 Å². The first-order valence-corrected chi connectivity index (χ1v) is 20.6. The molecule has 0 radical (unpaired) electrons. The van der Waals surface area contributed by atoms with Crippen LogP contribution in [0.5, 0.6) is 0 Å². The molecule has 0 saturated heterocycles. The Labute approximate surface area is 341 Å². The summed E-state index contributed by atoms with van der Waals surface area (Å²) in [5.41, 5.74) is 18.5. The van der Waals surface area contributed by atoms with Crippen molar-refractivity contribution in [1.82, 2.24) is 9.97 Å². The minimum absolute atomic E-state index is 0.441. The summed E-state index contributed by atoms with van der Waals surface area (Å²) >= 11 is 1.92. The maximum Gasteiger partial charge on any atom is 0.161 e. The van der Waals surface area contributed by atoms with Gasteiger partial charge in [0.15, 0.2) is 5.82 Å². The van der Waals surface area contributed by atoms with Crippen LogP contribution in [0.25, 0.3) is 87.8 Å². The van der Waals surface area contributed by atoms with Crippen molar-refractivity contribution in [1.29, 1.82) is 0 Å². The number of thiophene rings is 1. The zero-order valence-electron chi connectivity index (χ0n) is 31.4. The Bertz CT molecular complexity index is 3190. The molecule has 2 nitrogen and oxygen atoms in total. The van der Waals surface area contributed by atoms with Crippen molar-refractivity contribution in [2.75, 3.05) is 0 Å². The molecule has 2 aliphatic carbocycles. The van der Waals surface area contributed by atoms with E-state index in [9.17, 15) is 0 Å². The number of fused-ring (bicyclic) bond motifs is 12. The van der Waals surface area contributed by atoms with Crippen molar-refractivity contribution in [3.05, 3.63) is 229 Å². The lowest BCUT2D eigenvalue weighted by Gasteiger charge is -2.30. The fraction of sp³-hybridized carbons (Fsp3) is 0.0182. The third kappa shape index (κ3) is 4.78. The molecule has 2 heterocycles. The van der Waals surface area contributed by atoms with E-state index in [2.05, 4.69) is 206 Å². The average molecular weight is 755 g/mol. The fourth-order valence-corrected chi connectivity index (χ4v) is 11.1. The number of benzene rings is 8. The first kappa shape index (κ1) is 33.0. The topological polar surface area (TPSA) is 25.8 Å². The second-order valence-corrected chi connectivity index (χ2v) is 16.2. The zero-order chi connectivity index (χ0) is 38.2. The van der Waals surface area contributed by atoms with Gasteiger partial charge in [0, 0.05) is 31.8 Å². The highest BCUT2D eigenvalue weighted by Gasteiger charge is 2.53. The summed E-state index contributed by atoms with van der Waals surface area (Å²) in [4.78, 5) is 12.1. The molecule has 270 valence electrons. The Balaban J connectivity index is 1.11. The predicted molar refractivity (Wildman–Crippen MR) is 241 cm³/mol. The van der Waals surface area contributed by atoms with Gasteiger partial charge in [-0.25, -0.2) is 9.97 Å². The van der Waals surface area contributed by atoms with Crippen LogP contribution in [0.1, 0.15) is 22.3 Å². The SMILES string of the molecule is c1ccc(-c2cccc(-c3cc(-c4ccccc4)nc(-c4ccccc4-c4cccc5c4-c4sc6ccccc6c4C54c5ccccc5-c5ccccc54)n3)c2)cc1. The average Bonchev–Trinajstić information content (AvgIpc) is 3.93. The molecule has 0 amide bonds. The van der Waals surface area contributed by atoms with Gasteiger partial charge in [0.25, 0.3) is 0 Å². The summed E-state index contributed by atoms with van der Waals surface area (Å²) in [5, 5.41) is 1.32. The third-order valence-corrected chi connectivity index (χ3v) is 13.3. The summed E-state index contributed by atoms with van der Waals surface area (Å²) < 4.78 is 1.31. The highest BCUT2D eigenvalue weighted by atomic mass is 32.1. The van der Waals surface area contributed by atoms with Crippen LogP contribution < -0.4 is 0 Å². The van der Waals surface area contributed by atoms with Crippen LogP contribution >= 0.6 is 11.3 Å². The highest BCUT2D eigenvalue weighted by Crippen LogP contribution is 2.67.